The van der Waals surface area contributed by atoms with E-state index >= 15 is 0 Å². The minimum atomic E-state index is -0.00850. The summed E-state index contributed by atoms with van der Waals surface area (Å²) < 4.78 is 0. The number of anilines is 1. The van der Waals surface area contributed by atoms with E-state index in [2.05, 4.69) is 35.9 Å². The van der Waals surface area contributed by atoms with Crippen molar-refractivity contribution in [3.63, 3.8) is 0 Å². The summed E-state index contributed by atoms with van der Waals surface area (Å²) >= 11 is 0. The molecular weight excluding hydrogens is 174 g/mol. The fraction of sp³-hybridized carbons (Fsp3) is 0.364. The summed E-state index contributed by atoms with van der Waals surface area (Å²) in [4.78, 5) is 6.34. The molecule has 74 valence electrons. The lowest BCUT2D eigenvalue weighted by Gasteiger charge is -2.32. The molecule has 0 saturated heterocycles. The molecule has 1 heterocycles. The van der Waals surface area contributed by atoms with Gasteiger partial charge in [0, 0.05) is 5.69 Å². The SMILES string of the molecule is CC1(C)CN=C(N)N1c1ccccc1. The van der Waals surface area contributed by atoms with Crippen LogP contribution in [0.3, 0.4) is 0 Å². The molecule has 0 aromatic heterocycles. The second kappa shape index (κ2) is 3.01. The largest absolute Gasteiger partial charge is 0.369 e. The van der Waals surface area contributed by atoms with E-state index in [0.717, 1.165) is 12.2 Å². The predicted octanol–water partition coefficient (Wildman–Crippen LogP) is 1.60. The van der Waals surface area contributed by atoms with Crippen LogP contribution in [0.5, 0.6) is 0 Å². The third kappa shape index (κ3) is 1.35. The van der Waals surface area contributed by atoms with Crippen molar-refractivity contribution in [1.29, 1.82) is 0 Å². The molecule has 0 bridgehead atoms. The third-order valence-corrected chi connectivity index (χ3v) is 2.48. The molecule has 0 spiro atoms. The van der Waals surface area contributed by atoms with E-state index in [9.17, 15) is 0 Å². The Hall–Kier alpha value is -1.51. The quantitative estimate of drug-likeness (QED) is 0.729. The Labute approximate surface area is 84.2 Å². The Balaban J connectivity index is 2.39. The average molecular weight is 189 g/mol. The van der Waals surface area contributed by atoms with Crippen molar-refractivity contribution in [3.8, 4) is 0 Å². The summed E-state index contributed by atoms with van der Waals surface area (Å²) in [6.45, 7) is 5.04. The molecule has 0 aliphatic carbocycles. The summed E-state index contributed by atoms with van der Waals surface area (Å²) in [5.41, 5.74) is 6.96. The van der Waals surface area contributed by atoms with E-state index in [1.165, 1.54) is 0 Å². The molecule has 3 nitrogen and oxygen atoms in total. The van der Waals surface area contributed by atoms with Crippen molar-refractivity contribution in [3.05, 3.63) is 30.3 Å². The second-order valence-corrected chi connectivity index (χ2v) is 4.16. The summed E-state index contributed by atoms with van der Waals surface area (Å²) in [5, 5.41) is 0. The minimum Gasteiger partial charge on any atom is -0.369 e. The number of nitrogens with two attached hydrogens (primary N) is 1. The van der Waals surface area contributed by atoms with Crippen molar-refractivity contribution < 1.29 is 0 Å². The zero-order valence-corrected chi connectivity index (χ0v) is 8.57. The van der Waals surface area contributed by atoms with Gasteiger partial charge in [0.15, 0.2) is 5.96 Å². The summed E-state index contributed by atoms with van der Waals surface area (Å²) in [7, 11) is 0. The topological polar surface area (TPSA) is 41.6 Å². The van der Waals surface area contributed by atoms with Crippen LogP contribution < -0.4 is 10.6 Å². The lowest BCUT2D eigenvalue weighted by molar-refractivity contribution is 0.557. The third-order valence-electron chi connectivity index (χ3n) is 2.48. The molecule has 0 atom stereocenters. The molecule has 0 saturated carbocycles. The van der Waals surface area contributed by atoms with Crippen molar-refractivity contribution in [2.45, 2.75) is 19.4 Å². The van der Waals surface area contributed by atoms with Crippen LogP contribution in [-0.2, 0) is 0 Å². The van der Waals surface area contributed by atoms with Crippen LogP contribution in [0.1, 0.15) is 13.8 Å². The van der Waals surface area contributed by atoms with Gasteiger partial charge in [-0.05, 0) is 26.0 Å². The summed E-state index contributed by atoms with van der Waals surface area (Å²) in [5.74, 6) is 0.612. The predicted molar refractivity (Wildman–Crippen MR) is 59.5 cm³/mol. The fourth-order valence-corrected chi connectivity index (χ4v) is 1.78. The first-order valence-electron chi connectivity index (χ1n) is 4.76. The number of guanidine groups is 1. The Morgan fingerprint density at radius 2 is 1.93 bits per heavy atom. The summed E-state index contributed by atoms with van der Waals surface area (Å²) in [6.07, 6.45) is 0. The molecule has 3 heteroatoms. The molecule has 1 aromatic carbocycles. The monoisotopic (exact) mass is 189 g/mol. The standard InChI is InChI=1S/C11H15N3/c1-11(2)8-13-10(12)14(11)9-6-4-3-5-7-9/h3-7H,8H2,1-2H3,(H2,12,13). The maximum absolute atomic E-state index is 5.86. The van der Waals surface area contributed by atoms with Crippen LogP contribution in [0.4, 0.5) is 5.69 Å². The molecule has 2 rings (SSSR count). The zero-order valence-electron chi connectivity index (χ0n) is 8.57. The maximum Gasteiger partial charge on any atom is 0.196 e. The van der Waals surface area contributed by atoms with Crippen molar-refractivity contribution in [2.75, 3.05) is 11.4 Å². The van der Waals surface area contributed by atoms with Gasteiger partial charge in [-0.3, -0.25) is 4.99 Å². The zero-order chi connectivity index (χ0) is 10.2. The van der Waals surface area contributed by atoms with E-state index in [1.807, 2.05) is 18.2 Å². The Kier molecular flexibility index (Phi) is 1.95. The van der Waals surface area contributed by atoms with Crippen LogP contribution in [0, 0.1) is 0 Å². The molecule has 14 heavy (non-hydrogen) atoms. The Morgan fingerprint density at radius 1 is 1.29 bits per heavy atom. The molecule has 1 aliphatic rings. The van der Waals surface area contributed by atoms with Crippen LogP contribution in [0.15, 0.2) is 35.3 Å². The first-order chi connectivity index (χ1) is 6.61. The van der Waals surface area contributed by atoms with E-state index in [1.54, 1.807) is 0 Å². The van der Waals surface area contributed by atoms with Crippen molar-refractivity contribution in [1.82, 2.24) is 0 Å². The van der Waals surface area contributed by atoms with Gasteiger partial charge in [-0.15, -0.1) is 0 Å². The highest BCUT2D eigenvalue weighted by Crippen LogP contribution is 2.27. The van der Waals surface area contributed by atoms with Gasteiger partial charge in [-0.2, -0.15) is 0 Å². The van der Waals surface area contributed by atoms with Crippen LogP contribution >= 0.6 is 0 Å². The number of hydrogen-bond donors (Lipinski definition) is 1. The molecule has 0 fully saturated rings. The number of hydrogen-bond acceptors (Lipinski definition) is 3. The van der Waals surface area contributed by atoms with Gasteiger partial charge in [0.2, 0.25) is 0 Å². The Bertz CT molecular complexity index is 354. The smallest absolute Gasteiger partial charge is 0.196 e. The molecule has 1 aliphatic heterocycles. The maximum atomic E-state index is 5.86. The van der Waals surface area contributed by atoms with Gasteiger partial charge in [-0.1, -0.05) is 18.2 Å². The number of aliphatic imine (C=N–C) groups is 1. The molecule has 0 unspecified atom stereocenters. The lowest BCUT2D eigenvalue weighted by Crippen LogP contribution is -2.47. The van der Waals surface area contributed by atoms with Crippen LogP contribution in [-0.4, -0.2) is 18.0 Å². The normalized spacial score (nSPS) is 19.6. The Morgan fingerprint density at radius 3 is 2.43 bits per heavy atom. The van der Waals surface area contributed by atoms with Crippen LogP contribution in [0.25, 0.3) is 0 Å². The minimum absolute atomic E-state index is 0.00850. The average Bonchev–Trinajstić information content (AvgIpc) is 2.42. The molecule has 0 amide bonds. The highest BCUT2D eigenvalue weighted by Gasteiger charge is 2.34. The van der Waals surface area contributed by atoms with Gasteiger partial charge >= 0.3 is 0 Å². The molecule has 1 aromatic rings. The fourth-order valence-electron chi connectivity index (χ4n) is 1.78. The molecular formula is C11H15N3. The van der Waals surface area contributed by atoms with E-state index in [4.69, 9.17) is 5.73 Å². The highest BCUT2D eigenvalue weighted by molar-refractivity contribution is 5.98. The van der Waals surface area contributed by atoms with Gasteiger partial charge in [-0.25, -0.2) is 0 Å². The second-order valence-electron chi connectivity index (χ2n) is 4.16. The van der Waals surface area contributed by atoms with E-state index in [-0.39, 0.29) is 5.54 Å². The van der Waals surface area contributed by atoms with E-state index < -0.39 is 0 Å². The number of rotatable bonds is 1. The first-order valence-corrected chi connectivity index (χ1v) is 4.76. The van der Waals surface area contributed by atoms with Gasteiger partial charge in [0.1, 0.15) is 0 Å². The number of nitrogens with zero attached hydrogens (tertiary/aromatic N) is 2. The number of benzene rings is 1. The van der Waals surface area contributed by atoms with Crippen molar-refractivity contribution in [2.24, 2.45) is 10.7 Å². The van der Waals surface area contributed by atoms with Gasteiger partial charge in [0.25, 0.3) is 0 Å². The summed E-state index contributed by atoms with van der Waals surface area (Å²) in [6, 6.07) is 10.1. The number of para-hydroxylation sites is 1. The van der Waals surface area contributed by atoms with Crippen LogP contribution in [0.2, 0.25) is 0 Å². The highest BCUT2D eigenvalue weighted by atomic mass is 15.3. The van der Waals surface area contributed by atoms with Gasteiger partial charge < -0.3 is 10.6 Å². The van der Waals surface area contributed by atoms with Gasteiger partial charge in [0.05, 0.1) is 12.1 Å². The van der Waals surface area contributed by atoms with Crippen molar-refractivity contribution >= 4 is 11.6 Å². The lowest BCUT2D eigenvalue weighted by atomic mass is 10.0. The van der Waals surface area contributed by atoms with E-state index in [0.29, 0.717) is 5.96 Å². The first kappa shape index (κ1) is 9.06. The molecule has 2 N–H and O–H groups in total. The molecule has 0 radical (unpaired) electrons.